The summed E-state index contributed by atoms with van der Waals surface area (Å²) in [5.74, 6) is -4.01. The second kappa shape index (κ2) is 7.54. The molecule has 0 fully saturated rings. The van der Waals surface area contributed by atoms with Gasteiger partial charge < -0.3 is 29.5 Å². The van der Waals surface area contributed by atoms with Crippen LogP contribution in [0.25, 0.3) is 0 Å². The van der Waals surface area contributed by atoms with Gasteiger partial charge in [0.15, 0.2) is 11.2 Å². The standard InChI is InChI=1S/C21H18N2O9/c1-29-14(26)8-23-12-6-4-3-5-11(12)21(20(23)28)15(19(27)30-2)18(22)32-16-13(25)7-10(9-24)31-17(16)21/h3-7,24H,8-9,22H2,1-2H3/t21-/m1/s1. The van der Waals surface area contributed by atoms with E-state index in [0.29, 0.717) is 0 Å². The van der Waals surface area contributed by atoms with Crippen molar-refractivity contribution in [1.29, 1.82) is 0 Å². The quantitative estimate of drug-likeness (QED) is 0.601. The first-order valence-corrected chi connectivity index (χ1v) is 9.34. The Labute approximate surface area is 180 Å². The number of carbonyl (C=O) groups is 3. The zero-order chi connectivity index (χ0) is 23.2. The lowest BCUT2D eigenvalue weighted by Crippen LogP contribution is -2.50. The molecule has 0 unspecified atom stereocenters. The number of nitrogens with zero attached hydrogens (tertiary/aromatic N) is 1. The monoisotopic (exact) mass is 442 g/mol. The van der Waals surface area contributed by atoms with Crippen LogP contribution in [0.1, 0.15) is 17.1 Å². The fourth-order valence-electron chi connectivity index (χ4n) is 4.03. The minimum absolute atomic E-state index is 0.168. The predicted octanol–water partition coefficient (Wildman–Crippen LogP) is -0.327. The van der Waals surface area contributed by atoms with E-state index < -0.39 is 59.0 Å². The molecule has 32 heavy (non-hydrogen) atoms. The number of hydrogen-bond donors (Lipinski definition) is 2. The van der Waals surface area contributed by atoms with Gasteiger partial charge in [-0.1, -0.05) is 18.2 Å². The molecule has 1 spiro atoms. The van der Waals surface area contributed by atoms with E-state index in [1.807, 2.05) is 0 Å². The van der Waals surface area contributed by atoms with Crippen LogP contribution in [0.3, 0.4) is 0 Å². The first-order chi connectivity index (χ1) is 15.3. The maximum absolute atomic E-state index is 14.0. The number of aliphatic hydroxyl groups is 1. The molecule has 4 rings (SSSR count). The van der Waals surface area contributed by atoms with Gasteiger partial charge in [-0.25, -0.2) is 4.79 Å². The molecule has 0 saturated heterocycles. The maximum Gasteiger partial charge on any atom is 0.341 e. The van der Waals surface area contributed by atoms with Crippen molar-refractivity contribution in [3.63, 3.8) is 0 Å². The Kier molecular flexibility index (Phi) is 4.97. The molecule has 1 aromatic heterocycles. The molecule has 2 aliphatic heterocycles. The van der Waals surface area contributed by atoms with E-state index in [1.165, 1.54) is 13.2 Å². The molecule has 1 amide bonds. The van der Waals surface area contributed by atoms with Gasteiger partial charge in [0, 0.05) is 17.3 Å². The molecule has 11 nitrogen and oxygen atoms in total. The van der Waals surface area contributed by atoms with Crippen LogP contribution in [-0.4, -0.2) is 43.7 Å². The number of rotatable bonds is 4. The third kappa shape index (κ3) is 2.71. The zero-order valence-corrected chi connectivity index (χ0v) is 17.0. The third-order valence-corrected chi connectivity index (χ3v) is 5.35. The van der Waals surface area contributed by atoms with Crippen molar-refractivity contribution in [2.45, 2.75) is 12.0 Å². The van der Waals surface area contributed by atoms with Crippen molar-refractivity contribution in [1.82, 2.24) is 0 Å². The second-order valence-corrected chi connectivity index (χ2v) is 6.96. The number of benzene rings is 1. The van der Waals surface area contributed by atoms with Gasteiger partial charge in [-0.3, -0.25) is 19.3 Å². The van der Waals surface area contributed by atoms with Crippen LogP contribution in [0.2, 0.25) is 0 Å². The summed E-state index contributed by atoms with van der Waals surface area (Å²) in [6, 6.07) is 7.30. The molecular formula is C21H18N2O9. The number of hydrogen-bond acceptors (Lipinski definition) is 10. The Hall–Kier alpha value is -4.12. The molecule has 1 atom stereocenters. The summed E-state index contributed by atoms with van der Waals surface area (Å²) in [4.78, 5) is 52.7. The molecule has 0 aliphatic carbocycles. The number of anilines is 1. The van der Waals surface area contributed by atoms with Crippen LogP contribution < -0.4 is 20.8 Å². The Morgan fingerprint density at radius 3 is 2.56 bits per heavy atom. The van der Waals surface area contributed by atoms with E-state index in [0.717, 1.165) is 18.1 Å². The highest BCUT2D eigenvalue weighted by Crippen LogP contribution is 2.55. The van der Waals surface area contributed by atoms with Gasteiger partial charge in [0.05, 0.1) is 14.2 Å². The molecule has 0 radical (unpaired) electrons. The Balaban J connectivity index is 2.14. The van der Waals surface area contributed by atoms with Crippen molar-refractivity contribution in [2.24, 2.45) is 5.73 Å². The third-order valence-electron chi connectivity index (χ3n) is 5.35. The number of fused-ring (bicyclic) bond motifs is 4. The van der Waals surface area contributed by atoms with Crippen molar-refractivity contribution < 1.29 is 38.1 Å². The zero-order valence-electron chi connectivity index (χ0n) is 17.0. The van der Waals surface area contributed by atoms with Crippen LogP contribution >= 0.6 is 0 Å². The van der Waals surface area contributed by atoms with Crippen molar-refractivity contribution >= 4 is 23.5 Å². The van der Waals surface area contributed by atoms with Gasteiger partial charge in [-0.15, -0.1) is 0 Å². The number of amides is 1. The molecule has 11 heteroatoms. The smallest absolute Gasteiger partial charge is 0.341 e. The normalized spacial score (nSPS) is 18.8. The molecule has 3 N–H and O–H groups in total. The first kappa shape index (κ1) is 21.1. The highest BCUT2D eigenvalue weighted by Gasteiger charge is 2.63. The van der Waals surface area contributed by atoms with Gasteiger partial charge in [0.25, 0.3) is 5.91 Å². The van der Waals surface area contributed by atoms with Crippen LogP contribution in [0.4, 0.5) is 5.69 Å². The van der Waals surface area contributed by atoms with Gasteiger partial charge in [0.1, 0.15) is 24.5 Å². The molecule has 1 aromatic carbocycles. The summed E-state index contributed by atoms with van der Waals surface area (Å²) in [6.07, 6.45) is 0. The highest BCUT2D eigenvalue weighted by molar-refractivity contribution is 6.19. The highest BCUT2D eigenvalue weighted by atomic mass is 16.5. The molecule has 2 aromatic rings. The number of nitrogens with two attached hydrogens (primary N) is 1. The topological polar surface area (TPSA) is 159 Å². The van der Waals surface area contributed by atoms with Crippen LogP contribution in [-0.2, 0) is 35.9 Å². The molecule has 166 valence electrons. The minimum Gasteiger partial charge on any atom is -0.468 e. The van der Waals surface area contributed by atoms with Gasteiger partial charge >= 0.3 is 11.9 Å². The summed E-state index contributed by atoms with van der Waals surface area (Å²) >= 11 is 0. The molecular weight excluding hydrogens is 424 g/mol. The lowest BCUT2D eigenvalue weighted by atomic mass is 9.71. The molecule has 0 bridgehead atoms. The van der Waals surface area contributed by atoms with Gasteiger partial charge in [-0.2, -0.15) is 0 Å². The van der Waals surface area contributed by atoms with E-state index in [4.69, 9.17) is 24.4 Å². The fourth-order valence-corrected chi connectivity index (χ4v) is 4.03. The average molecular weight is 442 g/mol. The maximum atomic E-state index is 14.0. The Morgan fingerprint density at radius 2 is 1.91 bits per heavy atom. The predicted molar refractivity (Wildman–Crippen MR) is 106 cm³/mol. The number of para-hydroxylation sites is 1. The number of ether oxygens (including phenoxy) is 3. The fraction of sp³-hybridized carbons (Fsp3) is 0.238. The largest absolute Gasteiger partial charge is 0.468 e. The SMILES string of the molecule is COC(=O)CN1C(=O)[C@@]2(C(C(=O)OC)=C(N)Oc3c2oc(CO)cc3=O)c2ccccc21. The average Bonchev–Trinajstić information content (AvgIpc) is 3.03. The van der Waals surface area contributed by atoms with Crippen LogP contribution in [0.15, 0.2) is 51.0 Å². The second-order valence-electron chi connectivity index (χ2n) is 6.96. The van der Waals surface area contributed by atoms with Crippen LogP contribution in [0, 0.1) is 0 Å². The molecule has 3 heterocycles. The van der Waals surface area contributed by atoms with E-state index in [2.05, 4.69) is 0 Å². The summed E-state index contributed by atoms with van der Waals surface area (Å²) in [5, 5.41) is 9.57. The van der Waals surface area contributed by atoms with E-state index in [1.54, 1.807) is 18.2 Å². The van der Waals surface area contributed by atoms with Crippen molar-refractivity contribution in [3.05, 3.63) is 69.1 Å². The van der Waals surface area contributed by atoms with Crippen molar-refractivity contribution in [3.8, 4) is 5.75 Å². The Morgan fingerprint density at radius 1 is 1.19 bits per heavy atom. The number of methoxy groups -OCH3 is 2. The minimum atomic E-state index is -2.10. The number of esters is 2. The summed E-state index contributed by atoms with van der Waals surface area (Å²) < 4.78 is 20.7. The number of aliphatic hydroxyl groups excluding tert-OH is 1. The van der Waals surface area contributed by atoms with E-state index in [-0.39, 0.29) is 22.8 Å². The number of carbonyl (C=O) groups excluding carboxylic acids is 3. The lowest BCUT2D eigenvalue weighted by Gasteiger charge is -2.34. The van der Waals surface area contributed by atoms with E-state index in [9.17, 15) is 24.3 Å². The summed E-state index contributed by atoms with van der Waals surface area (Å²) in [7, 11) is 2.25. The molecule has 0 saturated carbocycles. The van der Waals surface area contributed by atoms with Crippen molar-refractivity contribution in [2.75, 3.05) is 25.7 Å². The summed E-state index contributed by atoms with van der Waals surface area (Å²) in [6.45, 7) is -1.14. The first-order valence-electron chi connectivity index (χ1n) is 9.34. The van der Waals surface area contributed by atoms with Gasteiger partial charge in [-0.05, 0) is 6.07 Å². The Bertz CT molecular complexity index is 1250. The van der Waals surface area contributed by atoms with E-state index >= 15 is 0 Å². The lowest BCUT2D eigenvalue weighted by molar-refractivity contribution is -0.140. The van der Waals surface area contributed by atoms with Gasteiger partial charge in [0.2, 0.25) is 17.1 Å². The molecule has 2 aliphatic rings. The van der Waals surface area contributed by atoms with Crippen LogP contribution in [0.5, 0.6) is 5.75 Å². The summed E-state index contributed by atoms with van der Waals surface area (Å²) in [5.41, 5.74) is 3.25.